The number of hydrogen-bond acceptors (Lipinski definition) is 4. The number of nitrogens with two attached hydrogens (primary N) is 2. The van der Waals surface area contributed by atoms with Crippen LogP contribution < -0.4 is 11.5 Å². The summed E-state index contributed by atoms with van der Waals surface area (Å²) in [6, 6.07) is 1.22. The third kappa shape index (κ3) is 2.38. The van der Waals surface area contributed by atoms with Crippen LogP contribution in [0.5, 0.6) is 0 Å². The molecule has 0 aliphatic carbocycles. The summed E-state index contributed by atoms with van der Waals surface area (Å²) in [6.45, 7) is -0.144. The van der Waals surface area contributed by atoms with E-state index in [1.165, 1.54) is 0 Å². The van der Waals surface area contributed by atoms with E-state index in [4.69, 9.17) is 16.2 Å². The summed E-state index contributed by atoms with van der Waals surface area (Å²) in [6.07, 6.45) is -4.02. The molecule has 1 aromatic rings. The van der Waals surface area contributed by atoms with E-state index < -0.39 is 46.9 Å². The highest BCUT2D eigenvalue weighted by Gasteiger charge is 2.51. The monoisotopic (exact) mass is 305 g/mol. The zero-order valence-electron chi connectivity index (χ0n) is 10.5. The average Bonchev–Trinajstić information content (AvgIpc) is 2.42. The fraction of sp³-hybridized carbons (Fsp3) is 0.333. The molecule has 1 heterocycles. The van der Waals surface area contributed by atoms with Crippen molar-refractivity contribution < 1.29 is 27.1 Å². The highest BCUT2D eigenvalue weighted by atomic mass is 19.3. The van der Waals surface area contributed by atoms with Crippen molar-refractivity contribution in [3.05, 3.63) is 34.9 Å². The number of rotatable bonds is 3. The van der Waals surface area contributed by atoms with E-state index in [-0.39, 0.29) is 6.61 Å². The Labute approximate surface area is 116 Å². The molecule has 4 N–H and O–H groups in total. The van der Waals surface area contributed by atoms with Crippen LogP contribution in [0.25, 0.3) is 0 Å². The third-order valence-corrected chi connectivity index (χ3v) is 3.17. The molecule has 5 nitrogen and oxygen atoms in total. The molecule has 1 aliphatic heterocycles. The first-order valence-electron chi connectivity index (χ1n) is 5.79. The highest BCUT2D eigenvalue weighted by Crippen LogP contribution is 2.39. The first-order chi connectivity index (χ1) is 9.80. The van der Waals surface area contributed by atoms with E-state index in [0.717, 1.165) is 6.21 Å². The number of benzene rings is 1. The van der Waals surface area contributed by atoms with Gasteiger partial charge in [-0.3, -0.25) is 9.79 Å². The number of nitrogens with zero attached hydrogens (tertiary/aromatic N) is 1. The van der Waals surface area contributed by atoms with E-state index >= 15 is 0 Å². The van der Waals surface area contributed by atoms with Crippen molar-refractivity contribution in [3.8, 4) is 0 Å². The van der Waals surface area contributed by atoms with E-state index in [1.54, 1.807) is 0 Å². The van der Waals surface area contributed by atoms with Crippen molar-refractivity contribution in [3.63, 3.8) is 0 Å². The Bertz CT molecular complexity index is 608. The Morgan fingerprint density at radius 1 is 1.43 bits per heavy atom. The molecule has 0 bridgehead atoms. The second-order valence-electron chi connectivity index (χ2n) is 4.38. The molecule has 1 amide bonds. The van der Waals surface area contributed by atoms with Gasteiger partial charge in [-0.2, -0.15) is 0 Å². The molecule has 0 aromatic heterocycles. The molecule has 0 saturated carbocycles. The number of primary amides is 1. The molecule has 0 radical (unpaired) electrons. The summed E-state index contributed by atoms with van der Waals surface area (Å²) in [5.41, 5.74) is 6.44. The Kier molecular flexibility index (Phi) is 3.97. The standard InChI is InChI=1S/C12H11F4N3O2/c13-7-4-5(9(17)20)3-6(8(7)14)12(10(15)16)11(18)21-2-1-19-12/h1,3-4,10-11H,2,18H2,(H2,17,20). The molecule has 9 heteroatoms. The van der Waals surface area contributed by atoms with Gasteiger partial charge in [0.15, 0.2) is 17.2 Å². The minimum atomic E-state index is -3.29. The second kappa shape index (κ2) is 5.41. The fourth-order valence-corrected chi connectivity index (χ4v) is 2.08. The number of amides is 1. The topological polar surface area (TPSA) is 90.7 Å². The van der Waals surface area contributed by atoms with Crippen LogP contribution in [0.2, 0.25) is 0 Å². The summed E-state index contributed by atoms with van der Waals surface area (Å²) in [5.74, 6) is -4.19. The van der Waals surface area contributed by atoms with Crippen molar-refractivity contribution in [2.45, 2.75) is 18.2 Å². The number of aliphatic imine (C=N–C) groups is 1. The van der Waals surface area contributed by atoms with Gasteiger partial charge in [-0.05, 0) is 12.1 Å². The van der Waals surface area contributed by atoms with Crippen molar-refractivity contribution in [2.75, 3.05) is 6.61 Å². The molecule has 2 unspecified atom stereocenters. The maximum absolute atomic E-state index is 14.0. The van der Waals surface area contributed by atoms with Crippen molar-refractivity contribution >= 4 is 12.1 Å². The maximum Gasteiger partial charge on any atom is 0.271 e. The average molecular weight is 305 g/mol. The van der Waals surface area contributed by atoms with Gasteiger partial charge in [0, 0.05) is 17.3 Å². The second-order valence-corrected chi connectivity index (χ2v) is 4.38. The molecule has 114 valence electrons. The molecule has 0 fully saturated rings. The summed E-state index contributed by atoms with van der Waals surface area (Å²) < 4.78 is 59.3. The molecule has 1 aliphatic rings. The van der Waals surface area contributed by atoms with Crippen LogP contribution in [0.15, 0.2) is 17.1 Å². The maximum atomic E-state index is 14.0. The summed E-state index contributed by atoms with van der Waals surface area (Å²) in [4.78, 5) is 14.6. The Morgan fingerprint density at radius 3 is 2.62 bits per heavy atom. The van der Waals surface area contributed by atoms with E-state index in [2.05, 4.69) is 4.99 Å². The van der Waals surface area contributed by atoms with Gasteiger partial charge in [-0.25, -0.2) is 17.6 Å². The van der Waals surface area contributed by atoms with Gasteiger partial charge in [0.1, 0.15) is 6.23 Å². The molecule has 21 heavy (non-hydrogen) atoms. The lowest BCUT2D eigenvalue weighted by Gasteiger charge is -2.37. The molecule has 0 spiro atoms. The van der Waals surface area contributed by atoms with Crippen molar-refractivity contribution in [1.29, 1.82) is 0 Å². The number of halogens is 4. The number of ether oxygens (including phenoxy) is 1. The number of hydrogen-bond donors (Lipinski definition) is 2. The first kappa shape index (κ1) is 15.4. The minimum absolute atomic E-state index is 0.144. The van der Waals surface area contributed by atoms with Crippen LogP contribution >= 0.6 is 0 Å². The van der Waals surface area contributed by atoms with Crippen molar-refractivity contribution in [1.82, 2.24) is 0 Å². The van der Waals surface area contributed by atoms with E-state index in [9.17, 15) is 22.4 Å². The highest BCUT2D eigenvalue weighted by molar-refractivity contribution is 5.93. The van der Waals surface area contributed by atoms with Gasteiger partial charge < -0.3 is 16.2 Å². The molecule has 0 saturated heterocycles. The van der Waals surface area contributed by atoms with Crippen LogP contribution in [0.1, 0.15) is 15.9 Å². The molecule has 1 aromatic carbocycles. The van der Waals surface area contributed by atoms with Gasteiger partial charge >= 0.3 is 0 Å². The molecule has 2 atom stereocenters. The van der Waals surface area contributed by atoms with Gasteiger partial charge in [-0.1, -0.05) is 0 Å². The van der Waals surface area contributed by atoms with Gasteiger partial charge in [0.25, 0.3) is 6.43 Å². The van der Waals surface area contributed by atoms with Crippen LogP contribution in [0.3, 0.4) is 0 Å². The predicted octanol–water partition coefficient (Wildman–Crippen LogP) is 0.910. The summed E-state index contributed by atoms with van der Waals surface area (Å²) in [7, 11) is 0. The van der Waals surface area contributed by atoms with Crippen LogP contribution in [0, 0.1) is 11.6 Å². The molecular formula is C12H11F4N3O2. The molecular weight excluding hydrogens is 294 g/mol. The van der Waals surface area contributed by atoms with Gasteiger partial charge in [0.05, 0.1) is 6.61 Å². The Balaban J connectivity index is 2.74. The van der Waals surface area contributed by atoms with E-state index in [0.29, 0.717) is 12.1 Å². The fourth-order valence-electron chi connectivity index (χ4n) is 2.08. The van der Waals surface area contributed by atoms with Gasteiger partial charge in [-0.15, -0.1) is 0 Å². The van der Waals surface area contributed by atoms with Crippen molar-refractivity contribution in [2.24, 2.45) is 16.5 Å². The summed E-state index contributed by atoms with van der Waals surface area (Å²) in [5, 5.41) is 0. The Hall–Kier alpha value is -2.00. The first-order valence-corrected chi connectivity index (χ1v) is 5.79. The lowest BCUT2D eigenvalue weighted by atomic mass is 9.86. The minimum Gasteiger partial charge on any atom is -0.366 e. The van der Waals surface area contributed by atoms with Crippen LogP contribution in [-0.4, -0.2) is 31.4 Å². The molecule has 2 rings (SSSR count). The van der Waals surface area contributed by atoms with E-state index in [1.807, 2.05) is 0 Å². The normalized spacial score (nSPS) is 25.3. The van der Waals surface area contributed by atoms with Gasteiger partial charge in [0.2, 0.25) is 5.91 Å². The SMILES string of the molecule is NC(=O)c1cc(F)c(F)c(C2(C(F)F)N=CCOC2N)c1. The predicted molar refractivity (Wildman–Crippen MR) is 65.0 cm³/mol. The third-order valence-electron chi connectivity index (χ3n) is 3.17. The summed E-state index contributed by atoms with van der Waals surface area (Å²) >= 11 is 0. The zero-order chi connectivity index (χ0) is 15.8. The van der Waals surface area contributed by atoms with Crippen LogP contribution in [0.4, 0.5) is 17.6 Å². The largest absolute Gasteiger partial charge is 0.366 e. The number of carbonyl (C=O) groups is 1. The lowest BCUT2D eigenvalue weighted by molar-refractivity contribution is -0.0666. The van der Waals surface area contributed by atoms with Crippen LogP contribution in [-0.2, 0) is 10.3 Å². The smallest absolute Gasteiger partial charge is 0.271 e. The lowest BCUT2D eigenvalue weighted by Crippen LogP contribution is -2.54. The zero-order valence-corrected chi connectivity index (χ0v) is 10.5. The number of carbonyl (C=O) groups excluding carboxylic acids is 1. The quantitative estimate of drug-likeness (QED) is 0.813. The Morgan fingerprint density at radius 2 is 2.10 bits per heavy atom. The number of alkyl halides is 2.